The Morgan fingerprint density at radius 1 is 0.964 bits per heavy atom. The van der Waals surface area contributed by atoms with Crippen molar-refractivity contribution in [1.29, 1.82) is 0 Å². The second kappa shape index (κ2) is 9.08. The summed E-state index contributed by atoms with van der Waals surface area (Å²) >= 11 is 0. The lowest BCUT2D eigenvalue weighted by Gasteiger charge is -2.13. The fraction of sp³-hybridized carbons (Fsp3) is 0.273. The molecular weight excluding hydrogens is 358 g/mol. The van der Waals surface area contributed by atoms with Crippen molar-refractivity contribution in [2.75, 3.05) is 20.8 Å². The summed E-state index contributed by atoms with van der Waals surface area (Å²) in [6, 6.07) is 15.5. The van der Waals surface area contributed by atoms with Gasteiger partial charge in [-0.15, -0.1) is 0 Å². The third kappa shape index (κ3) is 4.52. The summed E-state index contributed by atoms with van der Waals surface area (Å²) in [4.78, 5) is 26.8. The van der Waals surface area contributed by atoms with Crippen molar-refractivity contribution in [3.8, 4) is 5.75 Å². The smallest absolute Gasteiger partial charge is 0.320 e. The third-order valence-corrected chi connectivity index (χ3v) is 4.65. The normalized spacial score (nSPS) is 10.8. The van der Waals surface area contributed by atoms with Crippen LogP contribution in [-0.4, -0.2) is 37.7 Å². The average molecular weight is 381 g/mol. The molecule has 3 aromatic rings. The quantitative estimate of drug-likeness (QED) is 0.479. The number of methoxy groups -OCH3 is 2. The zero-order chi connectivity index (χ0) is 19.9. The molecule has 2 aromatic carbocycles. The Morgan fingerprint density at radius 2 is 1.64 bits per heavy atom. The van der Waals surface area contributed by atoms with Gasteiger partial charge in [0.25, 0.3) is 0 Å². The van der Waals surface area contributed by atoms with E-state index in [4.69, 9.17) is 4.74 Å². The molecule has 0 amide bonds. The zero-order valence-electron chi connectivity index (χ0n) is 15.9. The van der Waals surface area contributed by atoms with Gasteiger partial charge in [-0.25, -0.2) is 0 Å². The van der Waals surface area contributed by atoms with Crippen LogP contribution in [0.25, 0.3) is 10.9 Å². The molecule has 0 saturated carbocycles. The van der Waals surface area contributed by atoms with Crippen molar-refractivity contribution in [2.24, 2.45) is 5.92 Å². The summed E-state index contributed by atoms with van der Waals surface area (Å²) in [6.07, 6.45) is 3.02. The van der Waals surface area contributed by atoms with Crippen LogP contribution >= 0.6 is 0 Å². The minimum absolute atomic E-state index is 0.217. The van der Waals surface area contributed by atoms with E-state index in [1.165, 1.54) is 25.2 Å². The minimum atomic E-state index is -0.969. The van der Waals surface area contributed by atoms with Crippen molar-refractivity contribution in [2.45, 2.75) is 12.8 Å². The maximum Gasteiger partial charge on any atom is 0.320 e. The molecule has 0 aliphatic carbocycles. The van der Waals surface area contributed by atoms with Crippen LogP contribution in [0.3, 0.4) is 0 Å². The molecule has 0 aliphatic heterocycles. The largest absolute Gasteiger partial charge is 0.493 e. The summed E-state index contributed by atoms with van der Waals surface area (Å²) in [5.41, 5.74) is 3.16. The summed E-state index contributed by atoms with van der Waals surface area (Å²) in [5, 5.41) is 1.21. The molecule has 3 rings (SSSR count). The third-order valence-electron chi connectivity index (χ3n) is 4.65. The molecule has 1 N–H and O–H groups in total. The van der Waals surface area contributed by atoms with Gasteiger partial charge in [-0.1, -0.05) is 30.3 Å². The van der Waals surface area contributed by atoms with Crippen LogP contribution in [0.2, 0.25) is 0 Å². The number of esters is 2. The lowest BCUT2D eigenvalue weighted by molar-refractivity contribution is -0.158. The van der Waals surface area contributed by atoms with E-state index < -0.39 is 17.9 Å². The second-order valence-corrected chi connectivity index (χ2v) is 6.40. The predicted molar refractivity (Wildman–Crippen MR) is 105 cm³/mol. The van der Waals surface area contributed by atoms with E-state index in [0.717, 1.165) is 23.3 Å². The van der Waals surface area contributed by atoms with E-state index in [1.54, 1.807) is 0 Å². The van der Waals surface area contributed by atoms with E-state index in [-0.39, 0.29) is 6.42 Å². The molecule has 6 heteroatoms. The molecule has 28 heavy (non-hydrogen) atoms. The van der Waals surface area contributed by atoms with Gasteiger partial charge in [0, 0.05) is 23.5 Å². The highest BCUT2D eigenvalue weighted by molar-refractivity contribution is 5.95. The molecule has 0 radical (unpaired) electrons. The van der Waals surface area contributed by atoms with Crippen molar-refractivity contribution >= 4 is 22.8 Å². The van der Waals surface area contributed by atoms with Crippen molar-refractivity contribution in [3.05, 3.63) is 65.9 Å². The summed E-state index contributed by atoms with van der Waals surface area (Å²) in [7, 11) is 2.51. The van der Waals surface area contributed by atoms with Gasteiger partial charge in [0.1, 0.15) is 5.75 Å². The predicted octanol–water partition coefficient (Wildman–Crippen LogP) is 3.29. The highest BCUT2D eigenvalue weighted by Crippen LogP contribution is 2.20. The van der Waals surface area contributed by atoms with Crippen LogP contribution in [0, 0.1) is 5.92 Å². The molecule has 0 spiro atoms. The van der Waals surface area contributed by atoms with Gasteiger partial charge in [0.05, 0.1) is 20.8 Å². The Bertz CT molecular complexity index is 929. The summed E-state index contributed by atoms with van der Waals surface area (Å²) < 4.78 is 15.2. The number of hydrogen-bond donors (Lipinski definition) is 1. The number of carbonyl (C=O) groups excluding carboxylic acids is 2. The number of fused-ring (bicyclic) bond motifs is 1. The molecule has 0 aliphatic rings. The molecule has 0 atom stereocenters. The first-order valence-corrected chi connectivity index (χ1v) is 9.04. The van der Waals surface area contributed by atoms with Crippen molar-refractivity contribution in [1.82, 2.24) is 4.98 Å². The van der Waals surface area contributed by atoms with Gasteiger partial charge < -0.3 is 19.2 Å². The number of benzene rings is 2. The van der Waals surface area contributed by atoms with Gasteiger partial charge in [-0.3, -0.25) is 9.59 Å². The Labute approximate surface area is 163 Å². The number of aromatic nitrogens is 1. The Morgan fingerprint density at radius 3 is 2.32 bits per heavy atom. The molecule has 0 fully saturated rings. The molecule has 0 saturated heterocycles. The molecule has 0 bridgehead atoms. The monoisotopic (exact) mass is 381 g/mol. The van der Waals surface area contributed by atoms with Gasteiger partial charge in [-0.2, -0.15) is 0 Å². The number of para-hydroxylation sites is 1. The van der Waals surface area contributed by atoms with E-state index in [9.17, 15) is 9.59 Å². The topological polar surface area (TPSA) is 77.6 Å². The fourth-order valence-corrected chi connectivity index (χ4v) is 3.12. The van der Waals surface area contributed by atoms with Crippen LogP contribution in [0.4, 0.5) is 0 Å². The number of ether oxygens (including phenoxy) is 3. The lowest BCUT2D eigenvalue weighted by atomic mass is 9.99. The standard InChI is InChI=1S/C22H23NO5/c1-26-21(24)19(22(25)27-2)13-15-7-9-17(10-8-15)28-12-11-16-14-23-20-6-4-3-5-18(16)20/h3-10,14,19,23H,11-13H2,1-2H3. The number of carbonyl (C=O) groups is 2. The Hall–Kier alpha value is -3.28. The van der Waals surface area contributed by atoms with Crippen LogP contribution in [-0.2, 0) is 31.9 Å². The van der Waals surface area contributed by atoms with Crippen LogP contribution in [0.5, 0.6) is 5.75 Å². The zero-order valence-corrected chi connectivity index (χ0v) is 15.9. The number of H-pyrrole nitrogens is 1. The molecule has 0 unspecified atom stereocenters. The van der Waals surface area contributed by atoms with Gasteiger partial charge >= 0.3 is 11.9 Å². The first-order valence-electron chi connectivity index (χ1n) is 9.04. The van der Waals surface area contributed by atoms with Crippen LogP contribution < -0.4 is 4.74 Å². The first-order chi connectivity index (χ1) is 13.6. The molecule has 1 heterocycles. The Balaban J connectivity index is 1.56. The van der Waals surface area contributed by atoms with Crippen LogP contribution in [0.1, 0.15) is 11.1 Å². The maximum absolute atomic E-state index is 11.8. The fourth-order valence-electron chi connectivity index (χ4n) is 3.12. The molecular formula is C22H23NO5. The second-order valence-electron chi connectivity index (χ2n) is 6.40. The SMILES string of the molecule is COC(=O)C(Cc1ccc(OCCc2c[nH]c3ccccc23)cc1)C(=O)OC. The average Bonchev–Trinajstić information content (AvgIpc) is 3.15. The molecule has 146 valence electrons. The van der Waals surface area contributed by atoms with Gasteiger partial charge in [-0.05, 0) is 35.7 Å². The number of nitrogens with one attached hydrogen (secondary N) is 1. The van der Waals surface area contributed by atoms with Crippen molar-refractivity contribution < 1.29 is 23.8 Å². The van der Waals surface area contributed by atoms with Crippen LogP contribution in [0.15, 0.2) is 54.7 Å². The number of hydrogen-bond acceptors (Lipinski definition) is 5. The number of aromatic amines is 1. The summed E-state index contributed by atoms with van der Waals surface area (Å²) in [6.45, 7) is 0.550. The van der Waals surface area contributed by atoms with E-state index in [2.05, 4.69) is 20.5 Å². The maximum atomic E-state index is 11.8. The van der Waals surface area contributed by atoms with Crippen molar-refractivity contribution in [3.63, 3.8) is 0 Å². The molecule has 6 nitrogen and oxygen atoms in total. The van der Waals surface area contributed by atoms with Gasteiger partial charge in [0.2, 0.25) is 0 Å². The molecule has 1 aromatic heterocycles. The summed E-state index contributed by atoms with van der Waals surface area (Å²) in [5.74, 6) is -1.45. The lowest BCUT2D eigenvalue weighted by Crippen LogP contribution is -2.28. The van der Waals surface area contributed by atoms with E-state index in [1.807, 2.05) is 48.7 Å². The number of rotatable bonds is 8. The first kappa shape index (κ1) is 19.5. The van der Waals surface area contributed by atoms with E-state index in [0.29, 0.717) is 6.61 Å². The Kier molecular flexibility index (Phi) is 6.32. The van der Waals surface area contributed by atoms with E-state index >= 15 is 0 Å². The minimum Gasteiger partial charge on any atom is -0.493 e. The highest BCUT2D eigenvalue weighted by Gasteiger charge is 2.28. The van der Waals surface area contributed by atoms with Gasteiger partial charge in [0.15, 0.2) is 5.92 Å². The highest BCUT2D eigenvalue weighted by atomic mass is 16.5.